The van der Waals surface area contributed by atoms with Gasteiger partial charge in [-0.2, -0.15) is 0 Å². The monoisotopic (exact) mass is 455 g/mol. The van der Waals surface area contributed by atoms with Gasteiger partial charge < -0.3 is 14.2 Å². The summed E-state index contributed by atoms with van der Waals surface area (Å²) in [7, 11) is 2.88. The molecule has 0 spiro atoms. The topological polar surface area (TPSA) is 114 Å². The van der Waals surface area contributed by atoms with Gasteiger partial charge in [-0.05, 0) is 24.3 Å². The average molecular weight is 455 g/mol. The maximum Gasteiger partial charge on any atom is 0.276 e. The predicted molar refractivity (Wildman–Crippen MR) is 118 cm³/mol. The smallest absolute Gasteiger partial charge is 0.276 e. The number of hydrogen-bond donors (Lipinski definition) is 1. The van der Waals surface area contributed by atoms with Gasteiger partial charge in [0.2, 0.25) is 11.8 Å². The number of carbonyl (C=O) groups excluding carboxylic acids is 4. The summed E-state index contributed by atoms with van der Waals surface area (Å²) in [5.74, 6) is -1.12. The quantitative estimate of drug-likeness (QED) is 0.476. The molecule has 1 atom stereocenters. The molecule has 10 heteroatoms. The van der Waals surface area contributed by atoms with Crippen molar-refractivity contribution in [2.75, 3.05) is 25.7 Å². The molecule has 3 rings (SSSR count). The number of ether oxygens (including phenoxy) is 3. The van der Waals surface area contributed by atoms with Gasteiger partial charge >= 0.3 is 0 Å². The molecular formula is C23H25N3O7. The van der Waals surface area contributed by atoms with E-state index in [0.29, 0.717) is 11.5 Å². The van der Waals surface area contributed by atoms with E-state index in [1.807, 2.05) is 0 Å². The van der Waals surface area contributed by atoms with Crippen molar-refractivity contribution in [3.05, 3.63) is 48.5 Å². The van der Waals surface area contributed by atoms with Gasteiger partial charge in [0.15, 0.2) is 6.61 Å². The van der Waals surface area contributed by atoms with Crippen molar-refractivity contribution in [3.8, 4) is 17.2 Å². The normalized spacial score (nSPS) is 15.2. The largest absolute Gasteiger partial charge is 0.497 e. The van der Waals surface area contributed by atoms with Gasteiger partial charge in [0, 0.05) is 12.5 Å². The fourth-order valence-corrected chi connectivity index (χ4v) is 3.36. The van der Waals surface area contributed by atoms with Crippen molar-refractivity contribution in [1.82, 2.24) is 10.4 Å². The third-order valence-electron chi connectivity index (χ3n) is 4.99. The fourth-order valence-electron chi connectivity index (χ4n) is 3.36. The van der Waals surface area contributed by atoms with Crippen molar-refractivity contribution < 1.29 is 33.4 Å². The molecular weight excluding hydrogens is 430 g/mol. The first-order valence-corrected chi connectivity index (χ1v) is 10.3. The lowest BCUT2D eigenvalue weighted by atomic mass is 10.2. The standard InChI is InChI=1S/C23H25N3O7/c1-4-21(28)26(24-20(27)14-33-15-8-6-5-7-9-15)18-13-22(29)25(23(18)30)17-11-10-16(31-2)12-19(17)32-3/h5-12,18H,4,13-14H2,1-3H3,(H,24,27). The van der Waals surface area contributed by atoms with Crippen LogP contribution < -0.4 is 24.5 Å². The summed E-state index contributed by atoms with van der Waals surface area (Å²) in [5, 5.41) is 0.910. The lowest BCUT2D eigenvalue weighted by Gasteiger charge is -2.27. The molecule has 33 heavy (non-hydrogen) atoms. The van der Waals surface area contributed by atoms with Gasteiger partial charge in [-0.15, -0.1) is 0 Å². The second kappa shape index (κ2) is 10.5. The summed E-state index contributed by atoms with van der Waals surface area (Å²) < 4.78 is 15.9. The van der Waals surface area contributed by atoms with Crippen molar-refractivity contribution in [1.29, 1.82) is 0 Å². The first-order chi connectivity index (χ1) is 15.9. The summed E-state index contributed by atoms with van der Waals surface area (Å²) in [6, 6.07) is 12.1. The van der Waals surface area contributed by atoms with Crippen LogP contribution in [0.25, 0.3) is 0 Å². The van der Waals surface area contributed by atoms with Gasteiger partial charge in [-0.3, -0.25) is 24.6 Å². The molecule has 2 aromatic rings. The number of nitrogens with zero attached hydrogens (tertiary/aromatic N) is 2. The Morgan fingerprint density at radius 3 is 2.42 bits per heavy atom. The molecule has 1 saturated heterocycles. The summed E-state index contributed by atoms with van der Waals surface area (Å²) in [6.07, 6.45) is -0.275. The first kappa shape index (κ1) is 23.6. The number of methoxy groups -OCH3 is 2. The average Bonchev–Trinajstić information content (AvgIpc) is 3.14. The number of hydrazine groups is 1. The minimum Gasteiger partial charge on any atom is -0.497 e. The highest BCUT2D eigenvalue weighted by molar-refractivity contribution is 6.23. The van der Waals surface area contributed by atoms with Crippen LogP contribution in [0.5, 0.6) is 17.2 Å². The zero-order chi connectivity index (χ0) is 24.0. The maximum atomic E-state index is 13.2. The lowest BCUT2D eigenvalue weighted by Crippen LogP contribution is -2.55. The number of imide groups is 1. The van der Waals surface area contributed by atoms with E-state index in [1.54, 1.807) is 49.4 Å². The molecule has 174 valence electrons. The van der Waals surface area contributed by atoms with Crippen LogP contribution in [0.15, 0.2) is 48.5 Å². The Morgan fingerprint density at radius 1 is 1.06 bits per heavy atom. The zero-order valence-corrected chi connectivity index (χ0v) is 18.6. The highest BCUT2D eigenvalue weighted by Gasteiger charge is 2.45. The Labute approximate surface area is 191 Å². The maximum absolute atomic E-state index is 13.2. The molecule has 4 amide bonds. The van der Waals surface area contributed by atoms with Gasteiger partial charge in [0.05, 0.1) is 26.3 Å². The van der Waals surface area contributed by atoms with Gasteiger partial charge in [0.25, 0.3) is 11.8 Å². The predicted octanol–water partition coefficient (Wildman–Crippen LogP) is 1.68. The number of carbonyl (C=O) groups is 4. The first-order valence-electron chi connectivity index (χ1n) is 10.3. The molecule has 10 nitrogen and oxygen atoms in total. The molecule has 0 aromatic heterocycles. The Morgan fingerprint density at radius 2 is 1.79 bits per heavy atom. The number of para-hydroxylation sites is 1. The SMILES string of the molecule is CCC(=O)N(NC(=O)COc1ccccc1)C1CC(=O)N(c2ccc(OC)cc2OC)C1=O. The Hall–Kier alpha value is -4.08. The van der Waals surface area contributed by atoms with Gasteiger partial charge in [0.1, 0.15) is 23.3 Å². The fraction of sp³-hybridized carbons (Fsp3) is 0.304. The molecule has 0 bridgehead atoms. The zero-order valence-electron chi connectivity index (χ0n) is 18.6. The highest BCUT2D eigenvalue weighted by Crippen LogP contribution is 2.35. The number of benzene rings is 2. The van der Waals surface area contributed by atoms with Crippen LogP contribution in [-0.4, -0.2) is 55.5 Å². The van der Waals surface area contributed by atoms with Gasteiger partial charge in [-0.1, -0.05) is 25.1 Å². The Kier molecular flexibility index (Phi) is 7.50. The third kappa shape index (κ3) is 5.22. The number of amides is 4. The van der Waals surface area contributed by atoms with Crippen LogP contribution in [0, 0.1) is 0 Å². The summed E-state index contributed by atoms with van der Waals surface area (Å²) >= 11 is 0. The second-order valence-corrected chi connectivity index (χ2v) is 7.08. The van der Waals surface area contributed by atoms with Crippen molar-refractivity contribution >= 4 is 29.3 Å². The molecule has 1 aliphatic rings. The van der Waals surface area contributed by atoms with E-state index in [2.05, 4.69) is 5.43 Å². The van der Waals surface area contributed by atoms with Crippen LogP contribution in [0.3, 0.4) is 0 Å². The summed E-state index contributed by atoms with van der Waals surface area (Å²) in [6.45, 7) is 1.22. The van der Waals surface area contributed by atoms with E-state index in [1.165, 1.54) is 20.3 Å². The number of anilines is 1. The molecule has 1 unspecified atom stereocenters. The lowest BCUT2D eigenvalue weighted by molar-refractivity contribution is -0.148. The molecule has 0 aliphatic carbocycles. The second-order valence-electron chi connectivity index (χ2n) is 7.08. The van der Waals surface area contributed by atoms with E-state index >= 15 is 0 Å². The van der Waals surface area contributed by atoms with Crippen molar-refractivity contribution in [2.24, 2.45) is 0 Å². The minimum atomic E-state index is -1.20. The summed E-state index contributed by atoms with van der Waals surface area (Å²) in [5.41, 5.74) is 2.64. The van der Waals surface area contributed by atoms with E-state index in [4.69, 9.17) is 14.2 Å². The van der Waals surface area contributed by atoms with Crippen molar-refractivity contribution in [3.63, 3.8) is 0 Å². The van der Waals surface area contributed by atoms with Crippen LogP contribution >= 0.6 is 0 Å². The van der Waals surface area contributed by atoms with E-state index in [0.717, 1.165) is 9.91 Å². The molecule has 1 N–H and O–H groups in total. The van der Waals surface area contributed by atoms with E-state index < -0.39 is 29.7 Å². The molecule has 1 heterocycles. The molecule has 1 fully saturated rings. The molecule has 2 aromatic carbocycles. The van der Waals surface area contributed by atoms with Crippen molar-refractivity contribution in [2.45, 2.75) is 25.8 Å². The van der Waals surface area contributed by atoms with Crippen LogP contribution in [0.4, 0.5) is 5.69 Å². The van der Waals surface area contributed by atoms with Gasteiger partial charge in [-0.25, -0.2) is 9.91 Å². The Balaban J connectivity index is 1.78. The highest BCUT2D eigenvalue weighted by atomic mass is 16.5. The Bertz CT molecular complexity index is 1040. The minimum absolute atomic E-state index is 0.0175. The molecule has 1 aliphatic heterocycles. The number of nitrogens with one attached hydrogen (secondary N) is 1. The number of rotatable bonds is 8. The van der Waals surface area contributed by atoms with E-state index in [9.17, 15) is 19.2 Å². The van der Waals surface area contributed by atoms with Crippen LogP contribution in [0.2, 0.25) is 0 Å². The molecule has 0 saturated carbocycles. The third-order valence-corrected chi connectivity index (χ3v) is 4.99. The number of hydrogen-bond acceptors (Lipinski definition) is 7. The van der Waals surface area contributed by atoms with Crippen LogP contribution in [0.1, 0.15) is 19.8 Å². The molecule has 0 radical (unpaired) electrons. The van der Waals surface area contributed by atoms with E-state index in [-0.39, 0.29) is 30.9 Å². The van der Waals surface area contributed by atoms with Crippen LogP contribution in [-0.2, 0) is 19.2 Å². The summed E-state index contributed by atoms with van der Waals surface area (Å²) in [4.78, 5) is 51.9.